The fourth-order valence-corrected chi connectivity index (χ4v) is 2.69. The van der Waals surface area contributed by atoms with Crippen LogP contribution in [0, 0.1) is 0 Å². The number of oxazole rings is 1. The number of amides is 1. The molecule has 4 N–H and O–H groups in total. The molecule has 0 saturated carbocycles. The molecule has 0 atom stereocenters. The van der Waals surface area contributed by atoms with Gasteiger partial charge in [0.25, 0.3) is 5.91 Å². The largest absolute Gasteiger partial charge is 0.417 e. The Labute approximate surface area is 136 Å². The third kappa shape index (κ3) is 3.36. The highest BCUT2D eigenvalue weighted by atomic mass is 32.2. The van der Waals surface area contributed by atoms with Crippen molar-refractivity contribution < 1.29 is 17.6 Å². The molecule has 1 aromatic heterocycles. The van der Waals surface area contributed by atoms with Gasteiger partial charge in [0.1, 0.15) is 0 Å². The van der Waals surface area contributed by atoms with Crippen molar-refractivity contribution in [2.75, 3.05) is 0 Å². The third-order valence-electron chi connectivity index (χ3n) is 3.39. The average Bonchev–Trinajstić information content (AvgIpc) is 2.91. The topological polar surface area (TPSA) is 135 Å². The zero-order valence-corrected chi connectivity index (χ0v) is 13.1. The molecular formula is C15H13N3O5S. The van der Waals surface area contributed by atoms with E-state index in [1.807, 2.05) is 0 Å². The Morgan fingerprint density at radius 1 is 1.17 bits per heavy atom. The molecule has 8 nitrogen and oxygen atoms in total. The van der Waals surface area contributed by atoms with E-state index < -0.39 is 15.8 Å². The molecule has 0 spiro atoms. The van der Waals surface area contributed by atoms with Gasteiger partial charge in [-0.2, -0.15) is 0 Å². The predicted octanol–water partition coefficient (Wildman–Crippen LogP) is 0.698. The van der Waals surface area contributed by atoms with Crippen LogP contribution >= 0.6 is 0 Å². The number of carbonyl (C=O) groups excluding carboxylic acids is 1. The van der Waals surface area contributed by atoms with Crippen molar-refractivity contribution in [3.63, 3.8) is 0 Å². The molecule has 3 rings (SSSR count). The normalized spacial score (nSPS) is 11.5. The standard InChI is InChI=1S/C15H13N3O5S/c16-24(21,22)11-4-1-9(2-5-11)8-17-14(19)10-3-6-13-12(7-10)18-15(20)23-13/h1-7H,8H2,(H,17,19)(H,18,20)(H2,16,21,22). The SMILES string of the molecule is NS(=O)(=O)c1ccc(CNC(=O)c2ccc3oc(=O)[nH]c3c2)cc1. The second-order valence-electron chi connectivity index (χ2n) is 5.10. The van der Waals surface area contributed by atoms with Gasteiger partial charge in [-0.15, -0.1) is 0 Å². The van der Waals surface area contributed by atoms with Gasteiger partial charge < -0.3 is 9.73 Å². The van der Waals surface area contributed by atoms with Crippen LogP contribution in [0.15, 0.2) is 56.6 Å². The second-order valence-corrected chi connectivity index (χ2v) is 6.66. The first-order valence-corrected chi connectivity index (χ1v) is 8.40. The molecule has 0 bridgehead atoms. The van der Waals surface area contributed by atoms with Crippen LogP contribution in [0.25, 0.3) is 11.1 Å². The van der Waals surface area contributed by atoms with E-state index in [1.165, 1.54) is 24.3 Å². The smallest absolute Gasteiger partial charge is 0.408 e. The molecule has 0 unspecified atom stereocenters. The van der Waals surface area contributed by atoms with E-state index in [9.17, 15) is 18.0 Å². The number of rotatable bonds is 4. The number of aromatic nitrogens is 1. The van der Waals surface area contributed by atoms with Crippen molar-refractivity contribution in [3.05, 3.63) is 64.1 Å². The van der Waals surface area contributed by atoms with Crippen molar-refractivity contribution in [1.29, 1.82) is 0 Å². The molecule has 124 valence electrons. The molecule has 9 heteroatoms. The first kappa shape index (κ1) is 16.0. The van der Waals surface area contributed by atoms with Gasteiger partial charge in [0.15, 0.2) is 5.58 Å². The predicted molar refractivity (Wildman–Crippen MR) is 85.8 cm³/mol. The quantitative estimate of drug-likeness (QED) is 0.638. The number of nitrogens with one attached hydrogen (secondary N) is 2. The number of aromatic amines is 1. The van der Waals surface area contributed by atoms with Gasteiger partial charge in [-0.1, -0.05) is 12.1 Å². The molecule has 24 heavy (non-hydrogen) atoms. The van der Waals surface area contributed by atoms with Gasteiger partial charge in [0, 0.05) is 12.1 Å². The van der Waals surface area contributed by atoms with E-state index in [0.717, 1.165) is 0 Å². The Balaban J connectivity index is 1.71. The fraction of sp³-hybridized carbons (Fsp3) is 0.0667. The van der Waals surface area contributed by atoms with Crippen molar-refractivity contribution >= 4 is 27.0 Å². The minimum Gasteiger partial charge on any atom is -0.408 e. The van der Waals surface area contributed by atoms with Crippen molar-refractivity contribution in [3.8, 4) is 0 Å². The van der Waals surface area contributed by atoms with Gasteiger partial charge in [-0.05, 0) is 35.9 Å². The molecule has 1 amide bonds. The number of H-pyrrole nitrogens is 1. The van der Waals surface area contributed by atoms with Crippen LogP contribution in [0.4, 0.5) is 0 Å². The molecule has 1 heterocycles. The highest BCUT2D eigenvalue weighted by molar-refractivity contribution is 7.89. The van der Waals surface area contributed by atoms with Crippen molar-refractivity contribution in [1.82, 2.24) is 10.3 Å². The Morgan fingerprint density at radius 3 is 2.54 bits per heavy atom. The molecule has 0 aliphatic rings. The van der Waals surface area contributed by atoms with E-state index in [-0.39, 0.29) is 17.3 Å². The maximum atomic E-state index is 12.1. The van der Waals surface area contributed by atoms with Gasteiger partial charge >= 0.3 is 5.76 Å². The van der Waals surface area contributed by atoms with Crippen LogP contribution in [0.3, 0.4) is 0 Å². The number of nitrogens with two attached hydrogens (primary N) is 1. The molecule has 2 aromatic carbocycles. The first-order chi connectivity index (χ1) is 11.3. The summed E-state index contributed by atoms with van der Waals surface area (Å²) in [5.41, 5.74) is 1.88. The number of hydrogen-bond donors (Lipinski definition) is 3. The Bertz CT molecular complexity index is 1060. The summed E-state index contributed by atoms with van der Waals surface area (Å²) in [5.74, 6) is -0.924. The van der Waals surface area contributed by atoms with Crippen LogP contribution in [-0.4, -0.2) is 19.3 Å². The summed E-state index contributed by atoms with van der Waals surface area (Å²) in [6.45, 7) is 0.212. The molecule has 0 aliphatic carbocycles. The lowest BCUT2D eigenvalue weighted by Crippen LogP contribution is -2.22. The number of carbonyl (C=O) groups is 1. The zero-order valence-electron chi connectivity index (χ0n) is 12.3. The van der Waals surface area contributed by atoms with E-state index in [0.29, 0.717) is 22.2 Å². The lowest BCUT2D eigenvalue weighted by molar-refractivity contribution is 0.0951. The lowest BCUT2D eigenvalue weighted by atomic mass is 10.2. The van der Waals surface area contributed by atoms with E-state index in [1.54, 1.807) is 18.2 Å². The lowest BCUT2D eigenvalue weighted by Gasteiger charge is -2.06. The van der Waals surface area contributed by atoms with Gasteiger partial charge in [0.2, 0.25) is 10.0 Å². The molecule has 0 aliphatic heterocycles. The minimum atomic E-state index is -3.74. The number of primary sulfonamides is 1. The summed E-state index contributed by atoms with van der Waals surface area (Å²) in [7, 11) is -3.74. The molecule has 0 radical (unpaired) electrons. The summed E-state index contributed by atoms with van der Waals surface area (Å²) in [6, 6.07) is 10.5. The minimum absolute atomic E-state index is 0.00643. The van der Waals surface area contributed by atoms with E-state index in [4.69, 9.17) is 9.56 Å². The maximum absolute atomic E-state index is 12.1. The number of sulfonamides is 1. The number of hydrogen-bond acceptors (Lipinski definition) is 5. The van der Waals surface area contributed by atoms with Crippen molar-refractivity contribution in [2.24, 2.45) is 5.14 Å². The molecule has 3 aromatic rings. The summed E-state index contributed by atoms with van der Waals surface area (Å²) in [5, 5.41) is 7.72. The Morgan fingerprint density at radius 2 is 1.88 bits per heavy atom. The highest BCUT2D eigenvalue weighted by Gasteiger charge is 2.10. The summed E-state index contributed by atoms with van der Waals surface area (Å²) in [4.78, 5) is 25.7. The van der Waals surface area contributed by atoms with Crippen LogP contribution < -0.4 is 16.2 Å². The van der Waals surface area contributed by atoms with Gasteiger partial charge in [-0.25, -0.2) is 18.4 Å². The molecule has 0 saturated heterocycles. The number of fused-ring (bicyclic) bond motifs is 1. The van der Waals surface area contributed by atoms with Crippen LogP contribution in [-0.2, 0) is 16.6 Å². The van der Waals surface area contributed by atoms with Gasteiger partial charge in [-0.3, -0.25) is 9.78 Å². The monoisotopic (exact) mass is 347 g/mol. The van der Waals surface area contributed by atoms with E-state index >= 15 is 0 Å². The zero-order chi connectivity index (χ0) is 17.3. The highest BCUT2D eigenvalue weighted by Crippen LogP contribution is 2.13. The first-order valence-electron chi connectivity index (χ1n) is 6.86. The Kier molecular flexibility index (Phi) is 3.96. The molecule has 0 fully saturated rings. The van der Waals surface area contributed by atoms with Crippen LogP contribution in [0.5, 0.6) is 0 Å². The van der Waals surface area contributed by atoms with Gasteiger partial charge in [0.05, 0.1) is 10.4 Å². The van der Waals surface area contributed by atoms with Crippen molar-refractivity contribution in [2.45, 2.75) is 11.4 Å². The summed E-state index contributed by atoms with van der Waals surface area (Å²) >= 11 is 0. The molecular weight excluding hydrogens is 334 g/mol. The Hall–Kier alpha value is -2.91. The van der Waals surface area contributed by atoms with Crippen LogP contribution in [0.1, 0.15) is 15.9 Å². The fourth-order valence-electron chi connectivity index (χ4n) is 2.17. The summed E-state index contributed by atoms with van der Waals surface area (Å²) in [6.07, 6.45) is 0. The average molecular weight is 347 g/mol. The number of benzene rings is 2. The maximum Gasteiger partial charge on any atom is 0.417 e. The summed E-state index contributed by atoms with van der Waals surface area (Å²) < 4.78 is 27.2. The second kappa shape index (κ2) is 5.95. The van der Waals surface area contributed by atoms with E-state index in [2.05, 4.69) is 10.3 Å². The van der Waals surface area contributed by atoms with Crippen LogP contribution in [0.2, 0.25) is 0 Å². The third-order valence-corrected chi connectivity index (χ3v) is 4.32.